The average Bonchev–Trinajstić information content (AvgIpc) is 3.53. The number of ether oxygens (including phenoxy) is 6. The lowest BCUT2D eigenvalue weighted by Gasteiger charge is -2.29. The van der Waals surface area contributed by atoms with Crippen molar-refractivity contribution in [2.75, 3.05) is 72.1 Å². The van der Waals surface area contributed by atoms with Crippen LogP contribution in [-0.4, -0.2) is 157 Å². The van der Waals surface area contributed by atoms with Crippen molar-refractivity contribution in [3.63, 3.8) is 0 Å². The molecule has 0 amide bonds. The van der Waals surface area contributed by atoms with Gasteiger partial charge in [-0.1, -0.05) is 6.58 Å². The van der Waals surface area contributed by atoms with Crippen LogP contribution in [0.1, 0.15) is 137 Å². The van der Waals surface area contributed by atoms with Crippen molar-refractivity contribution in [3.05, 3.63) is 12.7 Å². The molecular weight excluding hydrogens is 817 g/mol. The highest BCUT2D eigenvalue weighted by atomic mass is 16.6. The second-order valence-corrected chi connectivity index (χ2v) is 20.6. The fourth-order valence-corrected chi connectivity index (χ4v) is 4.53. The van der Waals surface area contributed by atoms with Gasteiger partial charge in [0.25, 0.3) is 0 Å². The van der Waals surface area contributed by atoms with E-state index in [1.807, 2.05) is 130 Å². The van der Waals surface area contributed by atoms with Gasteiger partial charge in [0.2, 0.25) is 6.41 Å². The fourth-order valence-electron chi connectivity index (χ4n) is 4.53. The van der Waals surface area contributed by atoms with Crippen molar-refractivity contribution >= 4 is 29.8 Å². The molecule has 0 radical (unpaired) electrons. The molecule has 1 atom stereocenters. The normalized spacial score (nSPS) is 14.3. The molecule has 63 heavy (non-hydrogen) atoms. The summed E-state index contributed by atoms with van der Waals surface area (Å²) in [6, 6.07) is 0. The topological polar surface area (TPSA) is 230 Å². The minimum atomic E-state index is -0.906. The van der Waals surface area contributed by atoms with Crippen LogP contribution < -0.4 is 21.7 Å². The minimum Gasteiger partial charge on any atom is -0.460 e. The second kappa shape index (κ2) is 30.8. The summed E-state index contributed by atoms with van der Waals surface area (Å²) in [6.45, 7) is 42.8. The quantitative estimate of drug-likeness (QED) is 0.0430. The summed E-state index contributed by atoms with van der Waals surface area (Å²) in [5, 5.41) is 19.0. The Morgan fingerprint density at radius 3 is 1.35 bits per heavy atom. The summed E-state index contributed by atoms with van der Waals surface area (Å²) >= 11 is 0. The van der Waals surface area contributed by atoms with Crippen LogP contribution in [0.15, 0.2) is 12.7 Å². The van der Waals surface area contributed by atoms with Crippen LogP contribution in [-0.2, 0) is 52.4 Å². The zero-order valence-corrected chi connectivity index (χ0v) is 42.5. The predicted octanol–water partition coefficient (Wildman–Crippen LogP) is 4.01. The fraction of sp³-hybridized carbons (Fsp3) is 0.844. The third-order valence-corrected chi connectivity index (χ3v) is 6.59. The Labute approximate surface area is 380 Å². The number of hydrogen-bond acceptors (Lipinski definition) is 18. The van der Waals surface area contributed by atoms with Gasteiger partial charge in [-0.25, -0.2) is 9.69 Å². The number of aliphatic hydroxyl groups excluding tert-OH is 1. The molecule has 0 aromatic rings. The largest absolute Gasteiger partial charge is 0.460 e. The third-order valence-electron chi connectivity index (χ3n) is 6.59. The molecule has 372 valence electrons. The van der Waals surface area contributed by atoms with Crippen molar-refractivity contribution in [2.24, 2.45) is 5.73 Å². The number of esters is 5. The molecule has 1 aliphatic rings. The highest BCUT2D eigenvalue weighted by Crippen LogP contribution is 2.16. The van der Waals surface area contributed by atoms with Crippen LogP contribution in [0.25, 0.3) is 0 Å². The number of nitrogens with zero attached hydrogens (tertiary/aromatic N) is 2. The van der Waals surface area contributed by atoms with E-state index in [2.05, 4.69) is 27.4 Å². The van der Waals surface area contributed by atoms with E-state index in [4.69, 9.17) is 34.2 Å². The van der Waals surface area contributed by atoms with E-state index in [0.717, 1.165) is 19.2 Å². The van der Waals surface area contributed by atoms with Crippen molar-refractivity contribution in [1.82, 2.24) is 25.8 Å². The van der Waals surface area contributed by atoms with Crippen LogP contribution >= 0.6 is 0 Å². The van der Waals surface area contributed by atoms with E-state index in [9.17, 15) is 29.1 Å². The van der Waals surface area contributed by atoms with Crippen molar-refractivity contribution in [3.8, 4) is 0 Å². The number of hydrogen-bond donors (Lipinski definition) is 5. The van der Waals surface area contributed by atoms with Crippen LogP contribution in [0.2, 0.25) is 0 Å². The van der Waals surface area contributed by atoms with Gasteiger partial charge in [0.15, 0.2) is 0 Å². The summed E-state index contributed by atoms with van der Waals surface area (Å²) < 4.78 is 31.0. The summed E-state index contributed by atoms with van der Waals surface area (Å²) in [7, 11) is 0. The van der Waals surface area contributed by atoms with E-state index in [-0.39, 0.29) is 48.5 Å². The first-order chi connectivity index (χ1) is 28.4. The molecule has 0 spiro atoms. The standard InChI is InChI=1S/2C15H30N2O4.C8H18N2O2.C7H12O2/c1-14(2,3)20-12(18)7-8-16-9-10-17(11-16)13(19)21-15(4,5)6;1-14(2,3)20-12(18)7-8-16-9-10-17-11-13(19)21-15(4,5)6;1-8(2,3)12-7(11)6-10-5-4-9;1-5-6(8)9-7(2,3)4/h13,19H,7-11H2,1-6H3;16-17H,7-11H2,1-6H3;10H,4-6,9H2,1-3H3;5H,1H2,2-4H3/t13-;;;/m0.../s1. The van der Waals surface area contributed by atoms with Crippen molar-refractivity contribution < 1.29 is 57.5 Å². The molecule has 0 aromatic heterocycles. The Morgan fingerprint density at radius 2 is 0.968 bits per heavy atom. The summed E-state index contributed by atoms with van der Waals surface area (Å²) in [4.78, 5) is 60.0. The first-order valence-corrected chi connectivity index (χ1v) is 21.7. The molecule has 1 aliphatic heterocycles. The highest BCUT2D eigenvalue weighted by molar-refractivity contribution is 5.81. The van der Waals surface area contributed by atoms with Crippen molar-refractivity contribution in [2.45, 2.75) is 177 Å². The number of aliphatic hydroxyl groups is 1. The molecular formula is C45H90N6O12. The summed E-state index contributed by atoms with van der Waals surface area (Å²) in [6.07, 6.45) is 0.951. The molecule has 1 fully saturated rings. The van der Waals surface area contributed by atoms with E-state index in [1.165, 1.54) is 0 Å². The zero-order valence-electron chi connectivity index (χ0n) is 42.5. The van der Waals surface area contributed by atoms with E-state index < -0.39 is 34.4 Å². The van der Waals surface area contributed by atoms with Crippen LogP contribution in [0.4, 0.5) is 0 Å². The van der Waals surface area contributed by atoms with Crippen LogP contribution in [0, 0.1) is 0 Å². The zero-order chi connectivity index (χ0) is 49.9. The molecule has 18 nitrogen and oxygen atoms in total. The predicted molar refractivity (Wildman–Crippen MR) is 246 cm³/mol. The molecule has 0 saturated carbocycles. The van der Waals surface area contributed by atoms with Crippen molar-refractivity contribution in [1.29, 1.82) is 0 Å². The minimum absolute atomic E-state index is 0.186. The van der Waals surface area contributed by atoms with Gasteiger partial charge in [-0.2, -0.15) is 0 Å². The maximum absolute atomic E-state index is 11.7. The highest BCUT2D eigenvalue weighted by Gasteiger charge is 2.29. The number of nitrogens with two attached hydrogens (primary N) is 1. The van der Waals surface area contributed by atoms with Gasteiger partial charge in [0.1, 0.15) is 28.0 Å². The lowest BCUT2D eigenvalue weighted by molar-refractivity contribution is -0.236. The molecule has 0 aromatic carbocycles. The molecule has 1 heterocycles. The molecule has 0 aliphatic carbocycles. The Balaban J connectivity index is -0.000000804. The van der Waals surface area contributed by atoms with Crippen LogP contribution in [0.5, 0.6) is 0 Å². The summed E-state index contributed by atoms with van der Waals surface area (Å²) in [5.41, 5.74) is 2.71. The van der Waals surface area contributed by atoms with Gasteiger partial charge in [0, 0.05) is 58.4 Å². The van der Waals surface area contributed by atoms with Gasteiger partial charge < -0.3 is 55.2 Å². The molecule has 6 N–H and O–H groups in total. The second-order valence-electron chi connectivity index (χ2n) is 20.6. The number of nitrogens with one attached hydrogen (secondary N) is 3. The monoisotopic (exact) mass is 907 g/mol. The molecule has 0 bridgehead atoms. The van der Waals surface area contributed by atoms with E-state index in [0.29, 0.717) is 58.8 Å². The first kappa shape index (κ1) is 64.1. The van der Waals surface area contributed by atoms with Gasteiger partial charge in [-0.3, -0.25) is 24.1 Å². The number of carbonyl (C=O) groups is 5. The molecule has 1 rings (SSSR count). The Kier molecular flexibility index (Phi) is 31.3. The molecule has 18 heteroatoms. The Morgan fingerprint density at radius 1 is 0.571 bits per heavy atom. The van der Waals surface area contributed by atoms with Gasteiger partial charge >= 0.3 is 29.8 Å². The van der Waals surface area contributed by atoms with Crippen LogP contribution in [0.3, 0.4) is 0 Å². The van der Waals surface area contributed by atoms with Gasteiger partial charge in [0.05, 0.1) is 38.2 Å². The van der Waals surface area contributed by atoms with Gasteiger partial charge in [-0.15, -0.1) is 0 Å². The number of carbonyl (C=O) groups excluding carboxylic acids is 5. The number of rotatable bonds is 18. The SMILES string of the molecule is C=CC(=O)OC(C)(C)C.CC(C)(C)OC(=O)CCN1CCN([C@@H](O)OC(C)(C)C)C1.CC(C)(C)OC(=O)CCNCCNCC(=O)OC(C)(C)C.CC(C)(C)OC(=O)CNCCN. The third kappa shape index (κ3) is 49.6. The Bertz CT molecular complexity index is 1290. The van der Waals surface area contributed by atoms with Gasteiger partial charge in [-0.05, 0) is 125 Å². The molecule has 0 unspecified atom stereocenters. The lowest BCUT2D eigenvalue weighted by atomic mass is 10.2. The average molecular weight is 907 g/mol. The summed E-state index contributed by atoms with van der Waals surface area (Å²) in [5.74, 6) is -1.28. The lowest BCUT2D eigenvalue weighted by Crippen LogP contribution is -2.41. The maximum Gasteiger partial charge on any atom is 0.330 e. The van der Waals surface area contributed by atoms with E-state index in [1.54, 1.807) is 0 Å². The first-order valence-electron chi connectivity index (χ1n) is 21.7. The Hall–Kier alpha value is -3.23. The maximum atomic E-state index is 11.7. The smallest absolute Gasteiger partial charge is 0.330 e. The van der Waals surface area contributed by atoms with E-state index >= 15 is 0 Å². The molecule has 1 saturated heterocycles.